The molecule has 0 radical (unpaired) electrons. The second-order valence-electron chi connectivity index (χ2n) is 9.65. The Morgan fingerprint density at radius 1 is 1.02 bits per heavy atom. The summed E-state index contributed by atoms with van der Waals surface area (Å²) in [6.45, 7) is 1.63. The van der Waals surface area contributed by atoms with Crippen molar-refractivity contribution in [3.8, 4) is 11.4 Å². The molecule has 4 aromatic rings. The average molecular weight is 587 g/mol. The molecular formula is C29H28BClN6O5. The van der Waals surface area contributed by atoms with E-state index in [4.69, 9.17) is 21.3 Å². The Labute approximate surface area is 247 Å². The van der Waals surface area contributed by atoms with E-state index in [1.165, 1.54) is 0 Å². The lowest BCUT2D eigenvalue weighted by Gasteiger charge is -2.14. The Bertz CT molecular complexity index is 1660. The van der Waals surface area contributed by atoms with Crippen molar-refractivity contribution in [3.63, 3.8) is 0 Å². The number of hydrogen-bond acceptors (Lipinski definition) is 8. The van der Waals surface area contributed by atoms with Crippen LogP contribution in [0.25, 0.3) is 5.69 Å². The van der Waals surface area contributed by atoms with Crippen molar-refractivity contribution in [2.24, 2.45) is 4.99 Å². The molecule has 0 saturated heterocycles. The van der Waals surface area contributed by atoms with E-state index in [0.29, 0.717) is 39.2 Å². The topological polar surface area (TPSA) is 151 Å². The smallest absolute Gasteiger partial charge is 0.488 e. The van der Waals surface area contributed by atoms with Gasteiger partial charge in [0.2, 0.25) is 11.8 Å². The van der Waals surface area contributed by atoms with Gasteiger partial charge in [-0.2, -0.15) is 0 Å². The second-order valence-corrected chi connectivity index (χ2v) is 10.1. The van der Waals surface area contributed by atoms with Gasteiger partial charge in [0, 0.05) is 22.7 Å². The van der Waals surface area contributed by atoms with Crippen LogP contribution in [0.4, 0.5) is 0 Å². The highest BCUT2D eigenvalue weighted by atomic mass is 35.5. The van der Waals surface area contributed by atoms with Crippen LogP contribution in [-0.4, -0.2) is 63.1 Å². The van der Waals surface area contributed by atoms with Crippen LogP contribution in [0.3, 0.4) is 0 Å². The van der Waals surface area contributed by atoms with Crippen LogP contribution in [-0.2, 0) is 16.1 Å². The molecule has 3 aromatic carbocycles. The number of methoxy groups -OCH3 is 1. The lowest BCUT2D eigenvalue weighted by Crippen LogP contribution is -2.39. The highest BCUT2D eigenvalue weighted by Crippen LogP contribution is 2.34. The predicted molar refractivity (Wildman–Crippen MR) is 158 cm³/mol. The summed E-state index contributed by atoms with van der Waals surface area (Å²) in [6, 6.07) is 18.8. The van der Waals surface area contributed by atoms with Crippen LogP contribution in [0.2, 0.25) is 5.02 Å². The molecule has 1 aromatic heterocycles. The van der Waals surface area contributed by atoms with Crippen LogP contribution in [0, 0.1) is 6.92 Å². The molecule has 2 amide bonds. The summed E-state index contributed by atoms with van der Waals surface area (Å²) < 4.78 is 7.37. The highest BCUT2D eigenvalue weighted by Gasteiger charge is 2.30. The molecule has 11 nitrogen and oxygen atoms in total. The first-order valence-corrected chi connectivity index (χ1v) is 13.5. The predicted octanol–water partition coefficient (Wildman–Crippen LogP) is 1.63. The first kappa shape index (κ1) is 29.0. The minimum atomic E-state index is -1.66. The van der Waals surface area contributed by atoms with Crippen molar-refractivity contribution >= 4 is 41.7 Å². The van der Waals surface area contributed by atoms with Gasteiger partial charge in [-0.25, -0.2) is 0 Å². The molecule has 0 bridgehead atoms. The minimum Gasteiger partial charge on any atom is -0.497 e. The maximum Gasteiger partial charge on any atom is 0.488 e. The van der Waals surface area contributed by atoms with E-state index < -0.39 is 25.0 Å². The third kappa shape index (κ3) is 6.20. The van der Waals surface area contributed by atoms with Gasteiger partial charge < -0.3 is 25.4 Å². The summed E-state index contributed by atoms with van der Waals surface area (Å²) in [4.78, 5) is 30.6. The number of benzene rings is 3. The summed E-state index contributed by atoms with van der Waals surface area (Å²) in [5, 5.41) is 33.6. The van der Waals surface area contributed by atoms with Gasteiger partial charge in [0.1, 0.15) is 17.6 Å². The van der Waals surface area contributed by atoms with E-state index in [1.807, 2.05) is 41.8 Å². The largest absolute Gasteiger partial charge is 0.497 e. The SMILES string of the molecule is COc1ccc2c(c1)C(c1ccc(Cl)cc1)=N[C@@H](CC(=O)NCC(=O)NCc1ccccc1B(O)O)c1nnc(C)n1-2. The zero-order valence-corrected chi connectivity index (χ0v) is 23.7. The fraction of sp³-hybridized carbons (Fsp3) is 0.207. The Balaban J connectivity index is 1.37. The Morgan fingerprint density at radius 3 is 2.52 bits per heavy atom. The van der Waals surface area contributed by atoms with Gasteiger partial charge in [-0.3, -0.25) is 19.1 Å². The number of rotatable bonds is 9. The molecule has 0 spiro atoms. The van der Waals surface area contributed by atoms with E-state index in [-0.39, 0.29) is 19.5 Å². The van der Waals surface area contributed by atoms with Gasteiger partial charge in [0.25, 0.3) is 0 Å². The molecule has 214 valence electrons. The molecule has 4 N–H and O–H groups in total. The normalized spacial score (nSPS) is 13.7. The number of hydrogen-bond donors (Lipinski definition) is 4. The number of ether oxygens (including phenoxy) is 1. The van der Waals surface area contributed by atoms with E-state index in [2.05, 4.69) is 20.8 Å². The van der Waals surface area contributed by atoms with E-state index in [9.17, 15) is 19.6 Å². The maximum absolute atomic E-state index is 13.1. The number of fused-ring (bicyclic) bond motifs is 3. The summed E-state index contributed by atoms with van der Waals surface area (Å²) in [6.07, 6.45) is -0.0901. The molecule has 42 heavy (non-hydrogen) atoms. The van der Waals surface area contributed by atoms with Crippen molar-refractivity contribution < 1.29 is 24.4 Å². The molecule has 1 aliphatic rings. The number of nitrogens with zero attached hydrogens (tertiary/aromatic N) is 4. The van der Waals surface area contributed by atoms with Crippen LogP contribution in [0.1, 0.15) is 40.8 Å². The van der Waals surface area contributed by atoms with Gasteiger partial charge in [0.15, 0.2) is 5.82 Å². The third-order valence-electron chi connectivity index (χ3n) is 6.88. The number of carbonyl (C=O) groups is 2. The van der Waals surface area contributed by atoms with Gasteiger partial charge in [-0.15, -0.1) is 10.2 Å². The van der Waals surface area contributed by atoms with E-state index >= 15 is 0 Å². The second kappa shape index (κ2) is 12.6. The standard InChI is InChI=1S/C29H28BClN6O5/c1-17-35-36-29-24(14-26(38)33-16-27(39)32-15-19-5-3-4-6-23(19)30(40)41)34-28(18-7-9-20(31)10-8-18)22-13-21(42-2)11-12-25(22)37(17)29/h3-13,24,40-41H,14-16H2,1-2H3,(H,32,39)(H,33,38)/t24-/m0/s1. The number of aliphatic imine (C=N–C) groups is 1. The average Bonchev–Trinajstić information content (AvgIpc) is 3.32. The van der Waals surface area contributed by atoms with Crippen molar-refractivity contribution in [2.45, 2.75) is 25.9 Å². The molecule has 0 fully saturated rings. The van der Waals surface area contributed by atoms with Crippen molar-refractivity contribution in [3.05, 3.63) is 100 Å². The third-order valence-corrected chi connectivity index (χ3v) is 7.14. The monoisotopic (exact) mass is 586 g/mol. The van der Waals surface area contributed by atoms with Crippen molar-refractivity contribution in [1.82, 2.24) is 25.4 Å². The first-order chi connectivity index (χ1) is 20.2. The molecule has 0 saturated carbocycles. The number of nitrogens with one attached hydrogen (secondary N) is 2. The summed E-state index contributed by atoms with van der Waals surface area (Å²) in [5.41, 5.74) is 3.84. The van der Waals surface area contributed by atoms with Crippen molar-refractivity contribution in [1.29, 1.82) is 0 Å². The molecule has 13 heteroatoms. The number of carbonyl (C=O) groups excluding carboxylic acids is 2. The zero-order valence-electron chi connectivity index (χ0n) is 22.9. The Kier molecular flexibility index (Phi) is 8.67. The molecule has 1 atom stereocenters. The molecular weight excluding hydrogens is 559 g/mol. The lowest BCUT2D eigenvalue weighted by atomic mass is 9.77. The zero-order chi connectivity index (χ0) is 29.8. The fourth-order valence-corrected chi connectivity index (χ4v) is 4.93. The number of amides is 2. The quantitative estimate of drug-likeness (QED) is 0.218. The van der Waals surface area contributed by atoms with E-state index in [1.54, 1.807) is 43.5 Å². The molecule has 0 unspecified atom stereocenters. The lowest BCUT2D eigenvalue weighted by molar-refractivity contribution is -0.126. The maximum atomic E-state index is 13.1. The summed E-state index contributed by atoms with van der Waals surface area (Å²) >= 11 is 6.15. The van der Waals surface area contributed by atoms with Crippen molar-refractivity contribution in [2.75, 3.05) is 13.7 Å². The number of aromatic nitrogens is 3. The fourth-order valence-electron chi connectivity index (χ4n) is 4.81. The summed E-state index contributed by atoms with van der Waals surface area (Å²) in [5.74, 6) is 0.913. The van der Waals surface area contributed by atoms with Crippen LogP contribution < -0.4 is 20.8 Å². The Morgan fingerprint density at radius 2 is 1.79 bits per heavy atom. The van der Waals surface area contributed by atoms with Gasteiger partial charge in [0.05, 0.1) is 31.5 Å². The molecule has 1 aliphatic heterocycles. The Hall–Kier alpha value is -4.52. The minimum absolute atomic E-state index is 0.0734. The highest BCUT2D eigenvalue weighted by molar-refractivity contribution is 6.59. The van der Waals surface area contributed by atoms with E-state index in [0.717, 1.165) is 16.8 Å². The van der Waals surface area contributed by atoms with Gasteiger partial charge >= 0.3 is 7.12 Å². The van der Waals surface area contributed by atoms with Gasteiger partial charge in [-0.05, 0) is 48.3 Å². The van der Waals surface area contributed by atoms with Crippen LogP contribution in [0.15, 0.2) is 71.7 Å². The number of halogens is 1. The first-order valence-electron chi connectivity index (χ1n) is 13.2. The number of aryl methyl sites for hydroxylation is 1. The van der Waals surface area contributed by atoms with Crippen LogP contribution >= 0.6 is 11.6 Å². The molecule has 2 heterocycles. The van der Waals surface area contributed by atoms with Crippen LogP contribution in [0.5, 0.6) is 5.75 Å². The molecule has 0 aliphatic carbocycles. The van der Waals surface area contributed by atoms with Gasteiger partial charge in [-0.1, -0.05) is 48.0 Å². The molecule has 5 rings (SSSR count). The summed E-state index contributed by atoms with van der Waals surface area (Å²) in [7, 11) is -0.0704.